The molecular weight excluding hydrogens is 396 g/mol. The highest BCUT2D eigenvalue weighted by Crippen LogP contribution is 2.41. The van der Waals surface area contributed by atoms with E-state index in [1.54, 1.807) is 18.2 Å². The molecule has 4 aromatic rings. The maximum Gasteiger partial charge on any atom is 0.175 e. The summed E-state index contributed by atoms with van der Waals surface area (Å²) in [7, 11) is -3.26. The van der Waals surface area contributed by atoms with Crippen LogP contribution in [0.5, 0.6) is 0 Å². The lowest BCUT2D eigenvalue weighted by molar-refractivity contribution is 0.602. The first-order valence-corrected chi connectivity index (χ1v) is 10.5. The summed E-state index contributed by atoms with van der Waals surface area (Å²) in [6.45, 7) is 0. The molecule has 124 valence electrons. The lowest BCUT2D eigenvalue weighted by Gasteiger charge is -2.15. The Morgan fingerprint density at radius 3 is 1.76 bits per heavy atom. The average molecular weight is 411 g/mol. The zero-order chi connectivity index (χ0) is 17.6. The number of benzene rings is 4. The van der Waals surface area contributed by atoms with Gasteiger partial charge in [0.25, 0.3) is 0 Å². The van der Waals surface area contributed by atoms with Crippen LogP contribution in [0.3, 0.4) is 0 Å². The third-order valence-corrected chi connectivity index (χ3v) is 6.38. The Kier molecular flexibility index (Phi) is 3.89. The Hall–Kier alpha value is -2.17. The maximum atomic E-state index is 12.0. The Balaban J connectivity index is 2.19. The van der Waals surface area contributed by atoms with Crippen molar-refractivity contribution >= 4 is 47.3 Å². The van der Waals surface area contributed by atoms with Gasteiger partial charge in [-0.05, 0) is 60.7 Å². The van der Waals surface area contributed by atoms with Gasteiger partial charge < -0.3 is 0 Å². The minimum Gasteiger partial charge on any atom is -0.224 e. The van der Waals surface area contributed by atoms with Crippen molar-refractivity contribution < 1.29 is 8.42 Å². The highest BCUT2D eigenvalue weighted by atomic mass is 79.9. The fraction of sp³-hybridized carbons (Fsp3) is 0.0476. The molecule has 2 nitrogen and oxygen atoms in total. The van der Waals surface area contributed by atoms with Crippen molar-refractivity contribution in [1.29, 1.82) is 0 Å². The van der Waals surface area contributed by atoms with E-state index in [1.165, 1.54) is 6.26 Å². The van der Waals surface area contributed by atoms with Crippen LogP contribution >= 0.6 is 15.9 Å². The molecule has 0 aliphatic rings. The number of rotatable bonds is 2. The van der Waals surface area contributed by atoms with Crippen molar-refractivity contribution in [1.82, 2.24) is 0 Å². The normalized spacial score (nSPS) is 11.9. The summed E-state index contributed by atoms with van der Waals surface area (Å²) >= 11 is 3.74. The molecule has 0 spiro atoms. The summed E-state index contributed by atoms with van der Waals surface area (Å²) in [6, 6.07) is 23.5. The fourth-order valence-electron chi connectivity index (χ4n) is 3.27. The zero-order valence-corrected chi connectivity index (χ0v) is 15.9. The molecule has 0 heterocycles. The van der Waals surface area contributed by atoms with Gasteiger partial charge in [-0.15, -0.1) is 0 Å². The number of hydrogen-bond donors (Lipinski definition) is 0. The largest absolute Gasteiger partial charge is 0.224 e. The van der Waals surface area contributed by atoms with Crippen LogP contribution in [0.4, 0.5) is 0 Å². The highest BCUT2D eigenvalue weighted by molar-refractivity contribution is 9.10. The minimum atomic E-state index is -3.26. The summed E-state index contributed by atoms with van der Waals surface area (Å²) in [6.07, 6.45) is 1.24. The van der Waals surface area contributed by atoms with Crippen molar-refractivity contribution in [2.75, 3.05) is 6.26 Å². The number of sulfone groups is 1. The predicted molar refractivity (Wildman–Crippen MR) is 108 cm³/mol. The van der Waals surface area contributed by atoms with Crippen LogP contribution in [0.25, 0.3) is 32.7 Å². The molecule has 4 heteroatoms. The Morgan fingerprint density at radius 2 is 1.24 bits per heavy atom. The summed E-state index contributed by atoms with van der Waals surface area (Å²) in [5, 5.41) is 4.42. The Labute approximate surface area is 155 Å². The topological polar surface area (TPSA) is 34.1 Å². The van der Waals surface area contributed by atoms with Crippen molar-refractivity contribution in [3.8, 4) is 11.1 Å². The van der Waals surface area contributed by atoms with Gasteiger partial charge in [0.15, 0.2) is 9.84 Å². The van der Waals surface area contributed by atoms with E-state index in [-0.39, 0.29) is 0 Å². The monoisotopic (exact) mass is 410 g/mol. The van der Waals surface area contributed by atoms with Gasteiger partial charge in [0.05, 0.1) is 4.90 Å². The van der Waals surface area contributed by atoms with E-state index in [4.69, 9.17) is 0 Å². The molecular formula is C21H15BrO2S. The summed E-state index contributed by atoms with van der Waals surface area (Å²) < 4.78 is 25.0. The summed E-state index contributed by atoms with van der Waals surface area (Å²) in [4.78, 5) is 0.334. The third kappa shape index (κ3) is 2.75. The van der Waals surface area contributed by atoms with Crippen molar-refractivity contribution in [2.24, 2.45) is 0 Å². The van der Waals surface area contributed by atoms with E-state index in [0.717, 1.165) is 37.1 Å². The SMILES string of the molecule is CS(=O)(=O)c1cccc(-c2c3ccccc3c(Br)c3ccccc23)c1. The lowest BCUT2D eigenvalue weighted by Crippen LogP contribution is -1.97. The van der Waals surface area contributed by atoms with Crippen LogP contribution in [-0.2, 0) is 9.84 Å². The number of hydrogen-bond acceptors (Lipinski definition) is 2. The minimum absolute atomic E-state index is 0.334. The first-order valence-electron chi connectivity index (χ1n) is 7.86. The average Bonchev–Trinajstić information content (AvgIpc) is 2.62. The summed E-state index contributed by atoms with van der Waals surface area (Å²) in [5.41, 5.74) is 1.96. The molecule has 0 amide bonds. The second kappa shape index (κ2) is 5.97. The molecule has 0 aromatic heterocycles. The van der Waals surface area contributed by atoms with E-state index < -0.39 is 9.84 Å². The molecule has 0 saturated heterocycles. The highest BCUT2D eigenvalue weighted by Gasteiger charge is 2.15. The van der Waals surface area contributed by atoms with Gasteiger partial charge in [0, 0.05) is 10.7 Å². The van der Waals surface area contributed by atoms with Gasteiger partial charge in [-0.1, -0.05) is 60.7 Å². The van der Waals surface area contributed by atoms with Gasteiger partial charge in [0.1, 0.15) is 0 Å². The first kappa shape index (κ1) is 16.3. The van der Waals surface area contributed by atoms with Crippen LogP contribution < -0.4 is 0 Å². The second-order valence-electron chi connectivity index (χ2n) is 6.08. The molecule has 4 rings (SSSR count). The molecule has 0 N–H and O–H groups in total. The van der Waals surface area contributed by atoms with E-state index >= 15 is 0 Å². The van der Waals surface area contributed by atoms with E-state index in [9.17, 15) is 8.42 Å². The fourth-order valence-corrected chi connectivity index (χ4v) is 4.63. The number of fused-ring (bicyclic) bond motifs is 2. The predicted octanol–water partition coefficient (Wildman–Crippen LogP) is 5.83. The third-order valence-electron chi connectivity index (χ3n) is 4.42. The van der Waals surface area contributed by atoms with Crippen LogP contribution in [-0.4, -0.2) is 14.7 Å². The van der Waals surface area contributed by atoms with Gasteiger partial charge in [-0.2, -0.15) is 0 Å². The summed E-state index contributed by atoms with van der Waals surface area (Å²) in [5.74, 6) is 0. The van der Waals surface area contributed by atoms with E-state index in [2.05, 4.69) is 40.2 Å². The zero-order valence-electron chi connectivity index (χ0n) is 13.5. The molecule has 0 bridgehead atoms. The quantitative estimate of drug-likeness (QED) is 0.389. The Morgan fingerprint density at radius 1 is 0.720 bits per heavy atom. The first-order chi connectivity index (χ1) is 12.0. The molecule has 0 radical (unpaired) electrons. The standard InChI is InChI=1S/C21H15BrO2S/c1-25(23,24)15-8-6-7-14(13-15)20-16-9-2-4-11-18(16)21(22)19-12-5-3-10-17(19)20/h2-13H,1H3. The van der Waals surface area contributed by atoms with Gasteiger partial charge in [-0.25, -0.2) is 8.42 Å². The molecule has 0 saturated carbocycles. The van der Waals surface area contributed by atoms with Gasteiger partial charge >= 0.3 is 0 Å². The second-order valence-corrected chi connectivity index (χ2v) is 8.89. The maximum absolute atomic E-state index is 12.0. The van der Waals surface area contributed by atoms with Crippen LogP contribution in [0.2, 0.25) is 0 Å². The van der Waals surface area contributed by atoms with Crippen molar-refractivity contribution in [3.63, 3.8) is 0 Å². The smallest absolute Gasteiger partial charge is 0.175 e. The molecule has 0 unspecified atom stereocenters. The van der Waals surface area contributed by atoms with Gasteiger partial charge in [-0.3, -0.25) is 0 Å². The molecule has 0 aliphatic heterocycles. The van der Waals surface area contributed by atoms with E-state index in [0.29, 0.717) is 4.90 Å². The molecule has 0 aliphatic carbocycles. The van der Waals surface area contributed by atoms with Crippen molar-refractivity contribution in [2.45, 2.75) is 4.90 Å². The van der Waals surface area contributed by atoms with Crippen LogP contribution in [0.1, 0.15) is 0 Å². The Bertz CT molecular complexity index is 1170. The van der Waals surface area contributed by atoms with E-state index in [1.807, 2.05) is 30.3 Å². The molecule has 25 heavy (non-hydrogen) atoms. The molecule has 4 aromatic carbocycles. The molecule has 0 fully saturated rings. The van der Waals surface area contributed by atoms with Crippen LogP contribution in [0, 0.1) is 0 Å². The molecule has 0 atom stereocenters. The lowest BCUT2D eigenvalue weighted by atomic mass is 9.92. The van der Waals surface area contributed by atoms with Crippen molar-refractivity contribution in [3.05, 3.63) is 77.3 Å². The van der Waals surface area contributed by atoms with Gasteiger partial charge in [0.2, 0.25) is 0 Å². The van der Waals surface area contributed by atoms with Crippen LogP contribution in [0.15, 0.2) is 82.2 Å². The number of halogens is 1.